The number of para-hydroxylation sites is 1. The normalized spacial score (nSPS) is 10.8. The molecule has 1 N–H and O–H groups in total. The van der Waals surface area contributed by atoms with Gasteiger partial charge in [0.2, 0.25) is 0 Å². The topological polar surface area (TPSA) is 41.8 Å². The van der Waals surface area contributed by atoms with Crippen molar-refractivity contribution in [2.45, 2.75) is 0 Å². The zero-order chi connectivity index (χ0) is 13.0. The van der Waals surface area contributed by atoms with Crippen LogP contribution in [0, 0.1) is 5.82 Å². The third-order valence-electron chi connectivity index (χ3n) is 2.43. The van der Waals surface area contributed by atoms with Gasteiger partial charge in [-0.1, -0.05) is 12.1 Å². The fourth-order valence-corrected chi connectivity index (χ4v) is 1.46. The molecule has 0 saturated carbocycles. The van der Waals surface area contributed by atoms with Crippen molar-refractivity contribution in [3.63, 3.8) is 0 Å². The summed E-state index contributed by atoms with van der Waals surface area (Å²) in [6.07, 6.45) is 1.40. The van der Waals surface area contributed by atoms with Gasteiger partial charge in [0.15, 0.2) is 0 Å². The highest BCUT2D eigenvalue weighted by Gasteiger charge is 2.02. The highest BCUT2D eigenvalue weighted by Crippen LogP contribution is 2.23. The lowest BCUT2D eigenvalue weighted by Crippen LogP contribution is -1.87. The van der Waals surface area contributed by atoms with Crippen LogP contribution >= 0.6 is 0 Å². The second-order valence-electron chi connectivity index (χ2n) is 3.63. The summed E-state index contributed by atoms with van der Waals surface area (Å²) >= 11 is 0. The molecule has 0 spiro atoms. The van der Waals surface area contributed by atoms with Gasteiger partial charge in [0.1, 0.15) is 17.3 Å². The minimum atomic E-state index is -0.406. The van der Waals surface area contributed by atoms with Gasteiger partial charge in [0.25, 0.3) is 0 Å². The van der Waals surface area contributed by atoms with Gasteiger partial charge >= 0.3 is 0 Å². The van der Waals surface area contributed by atoms with Crippen molar-refractivity contribution >= 4 is 11.9 Å². The molecular weight excluding hydrogens is 233 g/mol. The number of rotatable bonds is 3. The van der Waals surface area contributed by atoms with Gasteiger partial charge in [-0.05, 0) is 30.3 Å². The molecule has 2 aromatic carbocycles. The van der Waals surface area contributed by atoms with Gasteiger partial charge in [-0.25, -0.2) is 4.39 Å². The molecule has 92 valence electrons. The first-order chi connectivity index (χ1) is 8.70. The molecule has 0 bridgehead atoms. The van der Waals surface area contributed by atoms with Crippen LogP contribution in [0.15, 0.2) is 47.5 Å². The summed E-state index contributed by atoms with van der Waals surface area (Å²) in [6, 6.07) is 10.9. The number of methoxy groups -OCH3 is 1. The maximum atomic E-state index is 13.3. The molecule has 0 fully saturated rings. The van der Waals surface area contributed by atoms with Crippen molar-refractivity contribution in [1.82, 2.24) is 0 Å². The molecule has 0 aromatic heterocycles. The summed E-state index contributed by atoms with van der Waals surface area (Å²) in [5.41, 5.74) is 0.692. The Morgan fingerprint density at radius 3 is 2.72 bits per heavy atom. The molecule has 0 unspecified atom stereocenters. The van der Waals surface area contributed by atoms with Crippen LogP contribution in [-0.4, -0.2) is 18.4 Å². The third-order valence-corrected chi connectivity index (χ3v) is 2.43. The van der Waals surface area contributed by atoms with E-state index in [1.807, 2.05) is 0 Å². The van der Waals surface area contributed by atoms with Crippen LogP contribution in [0.25, 0.3) is 0 Å². The summed E-state index contributed by atoms with van der Waals surface area (Å²) < 4.78 is 18.4. The molecule has 3 nitrogen and oxygen atoms in total. The molecule has 0 aliphatic rings. The van der Waals surface area contributed by atoms with E-state index in [1.54, 1.807) is 30.3 Å². The monoisotopic (exact) mass is 245 g/mol. The molecular formula is C14H12FNO2. The van der Waals surface area contributed by atoms with Gasteiger partial charge in [-0.15, -0.1) is 0 Å². The number of nitrogens with zero attached hydrogens (tertiary/aromatic N) is 1. The first-order valence-electron chi connectivity index (χ1n) is 5.36. The van der Waals surface area contributed by atoms with E-state index >= 15 is 0 Å². The Morgan fingerprint density at radius 1 is 1.22 bits per heavy atom. The van der Waals surface area contributed by atoms with E-state index < -0.39 is 5.82 Å². The van der Waals surface area contributed by atoms with Crippen LogP contribution in [0.4, 0.5) is 10.1 Å². The number of ether oxygens (including phenoxy) is 1. The Bertz CT molecular complexity index is 582. The van der Waals surface area contributed by atoms with E-state index in [0.717, 1.165) is 0 Å². The Kier molecular flexibility index (Phi) is 3.57. The molecule has 0 heterocycles. The molecule has 18 heavy (non-hydrogen) atoms. The van der Waals surface area contributed by atoms with Crippen LogP contribution in [0.5, 0.6) is 11.5 Å². The summed E-state index contributed by atoms with van der Waals surface area (Å²) in [7, 11) is 1.53. The average molecular weight is 245 g/mol. The lowest BCUT2D eigenvalue weighted by atomic mass is 10.2. The number of aromatic hydroxyl groups is 1. The summed E-state index contributed by atoms with van der Waals surface area (Å²) in [5.74, 6) is 0.259. The predicted octanol–water partition coefficient (Wildman–Crippen LogP) is 3.29. The highest BCUT2D eigenvalue weighted by atomic mass is 19.1. The number of phenolic OH excluding ortho intramolecular Hbond substituents is 1. The first kappa shape index (κ1) is 12.1. The smallest absolute Gasteiger partial charge is 0.148 e. The molecule has 2 rings (SSSR count). The van der Waals surface area contributed by atoms with Gasteiger partial charge in [0, 0.05) is 11.8 Å². The van der Waals surface area contributed by atoms with E-state index in [-0.39, 0.29) is 11.4 Å². The zero-order valence-corrected chi connectivity index (χ0v) is 9.80. The van der Waals surface area contributed by atoms with E-state index in [2.05, 4.69) is 4.99 Å². The van der Waals surface area contributed by atoms with Crippen LogP contribution in [0.2, 0.25) is 0 Å². The molecule has 0 radical (unpaired) electrons. The number of hydrogen-bond donors (Lipinski definition) is 1. The first-order valence-corrected chi connectivity index (χ1v) is 5.36. The third kappa shape index (κ3) is 2.66. The molecule has 0 atom stereocenters. The summed E-state index contributed by atoms with van der Waals surface area (Å²) in [4.78, 5) is 4.00. The van der Waals surface area contributed by atoms with Crippen molar-refractivity contribution in [3.8, 4) is 11.5 Å². The van der Waals surface area contributed by atoms with Crippen LogP contribution < -0.4 is 4.74 Å². The number of phenols is 1. The fraction of sp³-hybridized carbons (Fsp3) is 0.0714. The van der Waals surface area contributed by atoms with E-state index in [9.17, 15) is 9.50 Å². The maximum absolute atomic E-state index is 13.3. The number of benzene rings is 2. The summed E-state index contributed by atoms with van der Waals surface area (Å²) in [6.45, 7) is 0. The Hall–Kier alpha value is -2.36. The molecule has 0 saturated heterocycles. The van der Waals surface area contributed by atoms with Crippen molar-refractivity contribution in [1.29, 1.82) is 0 Å². The second kappa shape index (κ2) is 5.31. The number of hydrogen-bond acceptors (Lipinski definition) is 3. The van der Waals surface area contributed by atoms with Crippen LogP contribution in [0.1, 0.15) is 5.56 Å². The second-order valence-corrected chi connectivity index (χ2v) is 3.63. The molecule has 0 aliphatic heterocycles. The van der Waals surface area contributed by atoms with Crippen molar-refractivity contribution in [2.24, 2.45) is 4.99 Å². The van der Waals surface area contributed by atoms with Crippen molar-refractivity contribution in [3.05, 3.63) is 53.8 Å². The molecule has 0 aliphatic carbocycles. The minimum absolute atomic E-state index is 0.0656. The van der Waals surface area contributed by atoms with E-state index in [4.69, 9.17) is 4.74 Å². The Balaban J connectivity index is 2.31. The van der Waals surface area contributed by atoms with E-state index in [1.165, 1.54) is 25.5 Å². The number of halogens is 1. The molecule has 2 aromatic rings. The van der Waals surface area contributed by atoms with Gasteiger partial charge in [-0.3, -0.25) is 4.99 Å². The largest absolute Gasteiger partial charge is 0.507 e. The zero-order valence-electron chi connectivity index (χ0n) is 9.80. The highest BCUT2D eigenvalue weighted by molar-refractivity contribution is 5.85. The predicted molar refractivity (Wildman–Crippen MR) is 68.3 cm³/mol. The lowest BCUT2D eigenvalue weighted by Gasteiger charge is -2.03. The Morgan fingerprint density at radius 2 is 2.00 bits per heavy atom. The summed E-state index contributed by atoms with van der Waals surface area (Å²) in [5, 5.41) is 9.64. The van der Waals surface area contributed by atoms with Gasteiger partial charge < -0.3 is 9.84 Å². The number of aliphatic imine (C=N–C) groups is 1. The van der Waals surface area contributed by atoms with Crippen molar-refractivity contribution < 1.29 is 14.2 Å². The SMILES string of the molecule is COc1ccc(O)c(C=Nc2ccccc2F)c1. The fourth-order valence-electron chi connectivity index (χ4n) is 1.46. The standard InChI is InChI=1S/C14H12FNO2/c1-18-11-6-7-14(17)10(8-11)9-16-13-5-3-2-4-12(13)15/h2-9,17H,1H3. The van der Waals surface area contributed by atoms with Gasteiger partial charge in [0.05, 0.1) is 12.8 Å². The van der Waals surface area contributed by atoms with Crippen LogP contribution in [-0.2, 0) is 0 Å². The Labute approximate surface area is 104 Å². The minimum Gasteiger partial charge on any atom is -0.507 e. The molecule has 0 amide bonds. The van der Waals surface area contributed by atoms with E-state index in [0.29, 0.717) is 11.3 Å². The average Bonchev–Trinajstić information content (AvgIpc) is 2.39. The quantitative estimate of drug-likeness (QED) is 0.843. The lowest BCUT2D eigenvalue weighted by molar-refractivity contribution is 0.412. The maximum Gasteiger partial charge on any atom is 0.148 e. The van der Waals surface area contributed by atoms with Crippen LogP contribution in [0.3, 0.4) is 0 Å². The van der Waals surface area contributed by atoms with Crippen molar-refractivity contribution in [2.75, 3.05) is 7.11 Å². The van der Waals surface area contributed by atoms with Gasteiger partial charge in [-0.2, -0.15) is 0 Å². The molecule has 4 heteroatoms.